The van der Waals surface area contributed by atoms with Crippen molar-refractivity contribution < 1.29 is 4.74 Å². The number of nitriles is 1. The van der Waals surface area contributed by atoms with Crippen molar-refractivity contribution in [2.75, 3.05) is 40.3 Å². The molecule has 1 heterocycles. The number of hydrogen-bond acceptors (Lipinski definition) is 4. The van der Waals surface area contributed by atoms with Crippen LogP contribution in [0, 0.1) is 11.3 Å². The van der Waals surface area contributed by atoms with Gasteiger partial charge in [-0.1, -0.05) is 6.07 Å². The fourth-order valence-corrected chi connectivity index (χ4v) is 2.75. The second kappa shape index (κ2) is 7.28. The Hall–Kier alpha value is -1.57. The second-order valence-electron chi connectivity index (χ2n) is 5.58. The van der Waals surface area contributed by atoms with E-state index in [1.165, 1.54) is 19.4 Å². The van der Waals surface area contributed by atoms with Crippen molar-refractivity contribution in [3.8, 4) is 11.8 Å². The summed E-state index contributed by atoms with van der Waals surface area (Å²) in [5, 5.41) is 8.86. The fourth-order valence-electron chi connectivity index (χ4n) is 2.75. The Morgan fingerprint density at radius 2 is 2.30 bits per heavy atom. The lowest BCUT2D eigenvalue weighted by molar-refractivity contribution is 0.172. The Kier molecular flexibility index (Phi) is 5.40. The molecule has 0 aromatic heterocycles. The van der Waals surface area contributed by atoms with E-state index in [0.717, 1.165) is 18.8 Å². The normalized spacial score (nSPS) is 19.2. The Bertz CT molecular complexity index is 467. The summed E-state index contributed by atoms with van der Waals surface area (Å²) in [6.07, 6.45) is 2.56. The van der Waals surface area contributed by atoms with Crippen LogP contribution >= 0.6 is 0 Å². The van der Waals surface area contributed by atoms with Crippen LogP contribution in [0.5, 0.6) is 5.75 Å². The van der Waals surface area contributed by atoms with E-state index in [2.05, 4.69) is 30.0 Å². The van der Waals surface area contributed by atoms with Gasteiger partial charge >= 0.3 is 0 Å². The summed E-state index contributed by atoms with van der Waals surface area (Å²) in [5.41, 5.74) is 0.647. The van der Waals surface area contributed by atoms with E-state index in [1.807, 2.05) is 12.1 Å². The predicted molar refractivity (Wildman–Crippen MR) is 79.8 cm³/mol. The first kappa shape index (κ1) is 14.8. The van der Waals surface area contributed by atoms with E-state index in [1.54, 1.807) is 12.1 Å². The molecule has 1 atom stereocenters. The van der Waals surface area contributed by atoms with Crippen molar-refractivity contribution in [1.29, 1.82) is 5.26 Å². The van der Waals surface area contributed by atoms with Gasteiger partial charge in [0.2, 0.25) is 0 Å². The van der Waals surface area contributed by atoms with Crippen molar-refractivity contribution >= 4 is 0 Å². The van der Waals surface area contributed by atoms with Crippen LogP contribution < -0.4 is 4.74 Å². The quantitative estimate of drug-likeness (QED) is 0.794. The van der Waals surface area contributed by atoms with E-state index in [4.69, 9.17) is 10.00 Å². The maximum absolute atomic E-state index is 8.86. The molecule has 1 fully saturated rings. The lowest BCUT2D eigenvalue weighted by Crippen LogP contribution is -2.39. The maximum atomic E-state index is 8.86. The van der Waals surface area contributed by atoms with Crippen LogP contribution in [-0.2, 0) is 0 Å². The van der Waals surface area contributed by atoms with E-state index in [0.29, 0.717) is 18.2 Å². The zero-order chi connectivity index (χ0) is 14.4. The summed E-state index contributed by atoms with van der Waals surface area (Å²) in [4.78, 5) is 4.76. The number of nitrogens with zero attached hydrogens (tertiary/aromatic N) is 3. The first-order chi connectivity index (χ1) is 9.69. The first-order valence-electron chi connectivity index (χ1n) is 7.21. The second-order valence-corrected chi connectivity index (χ2v) is 5.58. The first-order valence-corrected chi connectivity index (χ1v) is 7.21. The van der Waals surface area contributed by atoms with Crippen LogP contribution in [0.2, 0.25) is 0 Å². The van der Waals surface area contributed by atoms with E-state index in [9.17, 15) is 0 Å². The molecular weight excluding hydrogens is 250 g/mol. The molecule has 1 unspecified atom stereocenters. The van der Waals surface area contributed by atoms with Gasteiger partial charge in [0.05, 0.1) is 11.6 Å². The maximum Gasteiger partial charge on any atom is 0.120 e. The van der Waals surface area contributed by atoms with E-state index in [-0.39, 0.29) is 0 Å². The van der Waals surface area contributed by atoms with Crippen molar-refractivity contribution in [2.24, 2.45) is 0 Å². The minimum atomic E-state index is 0.647. The minimum Gasteiger partial charge on any atom is -0.492 e. The van der Waals surface area contributed by atoms with Gasteiger partial charge in [0.15, 0.2) is 0 Å². The average molecular weight is 273 g/mol. The summed E-state index contributed by atoms with van der Waals surface area (Å²) in [6, 6.07) is 10.1. The molecule has 0 radical (unpaired) electrons. The molecule has 0 amide bonds. The van der Waals surface area contributed by atoms with Crippen LogP contribution in [0.1, 0.15) is 18.4 Å². The molecule has 1 saturated heterocycles. The highest BCUT2D eigenvalue weighted by Gasteiger charge is 2.24. The molecule has 1 aliphatic heterocycles. The molecule has 0 spiro atoms. The summed E-state index contributed by atoms with van der Waals surface area (Å²) in [6.45, 7) is 3.91. The molecule has 1 aromatic carbocycles. The van der Waals surface area contributed by atoms with Crippen LogP contribution in [0.3, 0.4) is 0 Å². The minimum absolute atomic E-state index is 0.647. The Balaban J connectivity index is 1.79. The molecule has 0 bridgehead atoms. The van der Waals surface area contributed by atoms with Crippen molar-refractivity contribution in [2.45, 2.75) is 18.9 Å². The van der Waals surface area contributed by atoms with Gasteiger partial charge in [-0.05, 0) is 51.7 Å². The zero-order valence-electron chi connectivity index (χ0n) is 12.4. The lowest BCUT2D eigenvalue weighted by atomic mass is 10.2. The third kappa shape index (κ3) is 4.22. The van der Waals surface area contributed by atoms with E-state index >= 15 is 0 Å². The molecule has 0 aliphatic carbocycles. The summed E-state index contributed by atoms with van der Waals surface area (Å²) in [5.74, 6) is 0.785. The van der Waals surface area contributed by atoms with Gasteiger partial charge < -0.3 is 9.64 Å². The Morgan fingerprint density at radius 1 is 1.45 bits per heavy atom. The van der Waals surface area contributed by atoms with E-state index < -0.39 is 0 Å². The third-order valence-electron chi connectivity index (χ3n) is 3.69. The van der Waals surface area contributed by atoms with Crippen LogP contribution in [0.15, 0.2) is 24.3 Å². The highest BCUT2D eigenvalue weighted by atomic mass is 16.5. The SMILES string of the molecule is CN(C)CC1CCCN1CCOc1cccc(C#N)c1. The summed E-state index contributed by atoms with van der Waals surface area (Å²) in [7, 11) is 4.25. The summed E-state index contributed by atoms with van der Waals surface area (Å²) < 4.78 is 5.76. The largest absolute Gasteiger partial charge is 0.492 e. The Labute approximate surface area is 121 Å². The number of ether oxygens (including phenoxy) is 1. The highest BCUT2D eigenvalue weighted by molar-refractivity contribution is 5.36. The van der Waals surface area contributed by atoms with Gasteiger partial charge in [-0.15, -0.1) is 0 Å². The molecule has 4 nitrogen and oxygen atoms in total. The monoisotopic (exact) mass is 273 g/mol. The predicted octanol–water partition coefficient (Wildman–Crippen LogP) is 1.96. The molecule has 0 saturated carbocycles. The molecule has 2 rings (SSSR count). The van der Waals surface area contributed by atoms with Crippen LogP contribution in [-0.4, -0.2) is 56.2 Å². The number of likely N-dealkylation sites (tertiary alicyclic amines) is 1. The number of likely N-dealkylation sites (N-methyl/N-ethyl adjacent to an activating group) is 1. The van der Waals surface area contributed by atoms with Gasteiger partial charge in [0.1, 0.15) is 12.4 Å². The zero-order valence-corrected chi connectivity index (χ0v) is 12.4. The van der Waals surface area contributed by atoms with Gasteiger partial charge in [0, 0.05) is 19.1 Å². The standard InChI is InChI=1S/C16H23N3O/c1-18(2)13-15-6-4-8-19(15)9-10-20-16-7-3-5-14(11-16)12-17/h3,5,7,11,15H,4,6,8-10,13H2,1-2H3. The smallest absolute Gasteiger partial charge is 0.120 e. The number of rotatable bonds is 6. The van der Waals surface area contributed by atoms with Crippen molar-refractivity contribution in [1.82, 2.24) is 9.80 Å². The van der Waals surface area contributed by atoms with Crippen LogP contribution in [0.4, 0.5) is 0 Å². The molecule has 0 N–H and O–H groups in total. The van der Waals surface area contributed by atoms with Crippen molar-refractivity contribution in [3.63, 3.8) is 0 Å². The molecule has 4 heteroatoms. The molecule has 108 valence electrons. The van der Waals surface area contributed by atoms with Crippen LogP contribution in [0.25, 0.3) is 0 Å². The molecular formula is C16H23N3O. The average Bonchev–Trinajstić information content (AvgIpc) is 2.86. The van der Waals surface area contributed by atoms with Crippen molar-refractivity contribution in [3.05, 3.63) is 29.8 Å². The molecule has 1 aliphatic rings. The van der Waals surface area contributed by atoms with Gasteiger partial charge in [-0.25, -0.2) is 0 Å². The van der Waals surface area contributed by atoms with Gasteiger partial charge in [0.25, 0.3) is 0 Å². The topological polar surface area (TPSA) is 39.5 Å². The fraction of sp³-hybridized carbons (Fsp3) is 0.562. The van der Waals surface area contributed by atoms with Gasteiger partial charge in [-0.3, -0.25) is 4.90 Å². The van der Waals surface area contributed by atoms with Gasteiger partial charge in [-0.2, -0.15) is 5.26 Å². The number of hydrogen-bond donors (Lipinski definition) is 0. The molecule has 1 aromatic rings. The number of benzene rings is 1. The highest BCUT2D eigenvalue weighted by Crippen LogP contribution is 2.18. The lowest BCUT2D eigenvalue weighted by Gasteiger charge is -2.26. The Morgan fingerprint density at radius 3 is 3.05 bits per heavy atom. The summed E-state index contributed by atoms with van der Waals surface area (Å²) >= 11 is 0. The third-order valence-corrected chi connectivity index (χ3v) is 3.69. The molecule has 20 heavy (non-hydrogen) atoms.